The first-order valence-electron chi connectivity index (χ1n) is 7.30. The summed E-state index contributed by atoms with van der Waals surface area (Å²) in [5.74, 6) is -0.754. The molecule has 1 aromatic rings. The Balaban J connectivity index is 2.33. The zero-order valence-electron chi connectivity index (χ0n) is 12.5. The van der Waals surface area contributed by atoms with Gasteiger partial charge in [-0.15, -0.1) is 0 Å². The molecule has 0 spiro atoms. The van der Waals surface area contributed by atoms with Crippen LogP contribution in [0.5, 0.6) is 0 Å². The Bertz CT molecular complexity index is 719. The molecule has 0 radical (unpaired) electrons. The van der Waals surface area contributed by atoms with Gasteiger partial charge in [0.25, 0.3) is 0 Å². The molecule has 2 rings (SSSR count). The van der Waals surface area contributed by atoms with E-state index in [-0.39, 0.29) is 15.5 Å². The molecule has 1 aliphatic heterocycles. The van der Waals surface area contributed by atoms with Crippen molar-refractivity contribution in [3.8, 4) is 6.07 Å². The summed E-state index contributed by atoms with van der Waals surface area (Å²) in [6.07, 6.45) is 3.61. The van der Waals surface area contributed by atoms with E-state index in [2.05, 4.69) is 0 Å². The number of nitriles is 1. The lowest BCUT2D eigenvalue weighted by atomic mass is 10.2. The number of carbonyl (C=O) groups excluding carboxylic acids is 1. The quantitative estimate of drug-likeness (QED) is 0.774. The highest BCUT2D eigenvalue weighted by Crippen LogP contribution is 2.27. The first-order valence-corrected chi connectivity index (χ1v) is 9.12. The number of ether oxygens (including phenoxy) is 1. The van der Waals surface area contributed by atoms with Crippen LogP contribution in [0.4, 0.5) is 0 Å². The number of sulfonamides is 1. The highest BCUT2D eigenvalue weighted by atomic mass is 35.5. The maximum absolute atomic E-state index is 12.8. The molecule has 0 saturated carbocycles. The molecule has 124 valence electrons. The van der Waals surface area contributed by atoms with Gasteiger partial charge in [-0.1, -0.05) is 24.4 Å². The maximum Gasteiger partial charge on any atom is 0.339 e. The van der Waals surface area contributed by atoms with Crippen LogP contribution in [0.25, 0.3) is 0 Å². The van der Waals surface area contributed by atoms with Gasteiger partial charge in [0.2, 0.25) is 10.0 Å². The smallest absolute Gasteiger partial charge is 0.339 e. The number of nitrogens with zero attached hydrogens (tertiary/aromatic N) is 2. The molecule has 1 fully saturated rings. The fraction of sp³-hybridized carbons (Fsp3) is 0.467. The Morgan fingerprint density at radius 2 is 1.91 bits per heavy atom. The van der Waals surface area contributed by atoms with Crippen LogP contribution in [0, 0.1) is 11.3 Å². The number of rotatable bonds is 4. The van der Waals surface area contributed by atoms with E-state index in [0.29, 0.717) is 13.1 Å². The molecular formula is C15H17ClN2O4S. The normalized spacial score (nSPS) is 16.3. The third-order valence-corrected chi connectivity index (χ3v) is 6.00. The molecule has 0 unspecified atom stereocenters. The zero-order valence-corrected chi connectivity index (χ0v) is 14.1. The molecule has 1 heterocycles. The molecule has 1 aromatic carbocycles. The summed E-state index contributed by atoms with van der Waals surface area (Å²) in [7, 11) is -3.76. The van der Waals surface area contributed by atoms with Crippen molar-refractivity contribution in [2.75, 3.05) is 19.7 Å². The first kappa shape index (κ1) is 17.7. The van der Waals surface area contributed by atoms with Crippen molar-refractivity contribution in [3.63, 3.8) is 0 Å². The van der Waals surface area contributed by atoms with Crippen LogP contribution in [0.15, 0.2) is 23.1 Å². The highest BCUT2D eigenvalue weighted by molar-refractivity contribution is 7.89. The van der Waals surface area contributed by atoms with Gasteiger partial charge < -0.3 is 4.74 Å². The Labute approximate surface area is 140 Å². The molecule has 1 saturated heterocycles. The van der Waals surface area contributed by atoms with E-state index in [9.17, 15) is 13.2 Å². The minimum atomic E-state index is -3.76. The van der Waals surface area contributed by atoms with Crippen molar-refractivity contribution in [2.24, 2.45) is 0 Å². The largest absolute Gasteiger partial charge is 0.447 e. The second-order valence-electron chi connectivity index (χ2n) is 5.20. The van der Waals surface area contributed by atoms with Crippen LogP contribution >= 0.6 is 11.6 Å². The summed E-state index contributed by atoms with van der Waals surface area (Å²) in [6, 6.07) is 5.63. The van der Waals surface area contributed by atoms with E-state index in [0.717, 1.165) is 25.7 Å². The van der Waals surface area contributed by atoms with E-state index in [1.807, 2.05) is 0 Å². The molecule has 6 nitrogen and oxygen atoms in total. The van der Waals surface area contributed by atoms with Crippen LogP contribution in [0.1, 0.15) is 36.0 Å². The van der Waals surface area contributed by atoms with Crippen LogP contribution in [-0.4, -0.2) is 38.4 Å². The van der Waals surface area contributed by atoms with Gasteiger partial charge in [-0.25, -0.2) is 13.2 Å². The van der Waals surface area contributed by atoms with Gasteiger partial charge >= 0.3 is 5.97 Å². The molecule has 0 bridgehead atoms. The first-order chi connectivity index (χ1) is 11.0. The Kier molecular flexibility index (Phi) is 5.99. The number of carbonyl (C=O) groups is 1. The minimum Gasteiger partial charge on any atom is -0.447 e. The summed E-state index contributed by atoms with van der Waals surface area (Å²) in [5, 5.41) is 8.50. The van der Waals surface area contributed by atoms with E-state index < -0.39 is 22.6 Å². The number of hydrogen-bond donors (Lipinski definition) is 0. The van der Waals surface area contributed by atoms with Crippen molar-refractivity contribution in [1.29, 1.82) is 5.26 Å². The number of hydrogen-bond acceptors (Lipinski definition) is 5. The van der Waals surface area contributed by atoms with Gasteiger partial charge in [0.1, 0.15) is 11.0 Å². The molecule has 23 heavy (non-hydrogen) atoms. The van der Waals surface area contributed by atoms with Crippen LogP contribution < -0.4 is 0 Å². The standard InChI is InChI=1S/C15H17ClN2O4S/c16-13-6-5-12(15(19)22-10-7-17)11-14(13)23(20,21)18-8-3-1-2-4-9-18/h5-6,11H,1-4,8-10H2. The SMILES string of the molecule is N#CCOC(=O)c1ccc(Cl)c(S(=O)(=O)N2CCCCCC2)c1. The third-order valence-electron chi connectivity index (χ3n) is 3.62. The number of esters is 1. The fourth-order valence-corrected chi connectivity index (χ4v) is 4.45. The summed E-state index contributed by atoms with van der Waals surface area (Å²) >= 11 is 6.04. The molecule has 0 N–H and O–H groups in total. The van der Waals surface area contributed by atoms with Crippen molar-refractivity contribution in [1.82, 2.24) is 4.31 Å². The molecule has 0 atom stereocenters. The van der Waals surface area contributed by atoms with Crippen molar-refractivity contribution in [3.05, 3.63) is 28.8 Å². The predicted octanol–water partition coefficient (Wildman–Crippen LogP) is 2.59. The lowest BCUT2D eigenvalue weighted by molar-refractivity contribution is 0.0554. The monoisotopic (exact) mass is 356 g/mol. The maximum atomic E-state index is 12.8. The van der Waals surface area contributed by atoms with E-state index >= 15 is 0 Å². The Hall–Kier alpha value is -1.62. The van der Waals surface area contributed by atoms with Crippen molar-refractivity contribution in [2.45, 2.75) is 30.6 Å². The van der Waals surface area contributed by atoms with Gasteiger partial charge in [0.15, 0.2) is 6.61 Å². The minimum absolute atomic E-state index is 0.0537. The molecule has 0 aromatic heterocycles. The Morgan fingerprint density at radius 1 is 1.26 bits per heavy atom. The van der Waals surface area contributed by atoms with Crippen molar-refractivity contribution >= 4 is 27.6 Å². The van der Waals surface area contributed by atoms with E-state index in [4.69, 9.17) is 21.6 Å². The predicted molar refractivity (Wildman–Crippen MR) is 84.6 cm³/mol. The van der Waals surface area contributed by atoms with Gasteiger partial charge in [-0.05, 0) is 31.0 Å². The number of halogens is 1. The van der Waals surface area contributed by atoms with E-state index in [1.165, 1.54) is 22.5 Å². The lowest BCUT2D eigenvalue weighted by Gasteiger charge is -2.20. The Morgan fingerprint density at radius 3 is 2.52 bits per heavy atom. The number of benzene rings is 1. The van der Waals surface area contributed by atoms with Gasteiger partial charge in [-0.2, -0.15) is 9.57 Å². The van der Waals surface area contributed by atoms with Crippen LogP contribution in [0.2, 0.25) is 5.02 Å². The lowest BCUT2D eigenvalue weighted by Crippen LogP contribution is -2.32. The van der Waals surface area contributed by atoms with Gasteiger partial charge in [-0.3, -0.25) is 0 Å². The second-order valence-corrected chi connectivity index (χ2v) is 7.51. The van der Waals surface area contributed by atoms with Gasteiger partial charge in [0.05, 0.1) is 10.6 Å². The molecule has 8 heteroatoms. The van der Waals surface area contributed by atoms with Crippen LogP contribution in [-0.2, 0) is 14.8 Å². The van der Waals surface area contributed by atoms with Crippen LogP contribution in [0.3, 0.4) is 0 Å². The summed E-state index contributed by atoms with van der Waals surface area (Å²) in [6.45, 7) is 0.499. The zero-order chi connectivity index (χ0) is 16.9. The average molecular weight is 357 g/mol. The average Bonchev–Trinajstić information content (AvgIpc) is 2.82. The molecule has 0 aliphatic carbocycles. The summed E-state index contributed by atoms with van der Waals surface area (Å²) < 4.78 is 31.7. The van der Waals surface area contributed by atoms with E-state index in [1.54, 1.807) is 6.07 Å². The molecule has 1 aliphatic rings. The summed E-state index contributed by atoms with van der Waals surface area (Å²) in [5.41, 5.74) is 0.0537. The topological polar surface area (TPSA) is 87.5 Å². The summed E-state index contributed by atoms with van der Waals surface area (Å²) in [4.78, 5) is 11.7. The third kappa shape index (κ3) is 4.22. The van der Waals surface area contributed by atoms with Crippen molar-refractivity contribution < 1.29 is 17.9 Å². The highest BCUT2D eigenvalue weighted by Gasteiger charge is 2.28. The molecular weight excluding hydrogens is 340 g/mol. The second kappa shape index (κ2) is 7.77. The molecule has 0 amide bonds. The van der Waals surface area contributed by atoms with Gasteiger partial charge in [0, 0.05) is 13.1 Å². The fourth-order valence-electron chi connectivity index (χ4n) is 2.43.